The molecule has 0 radical (unpaired) electrons. The molecule has 0 aromatic heterocycles. The van der Waals surface area contributed by atoms with E-state index in [2.05, 4.69) is 0 Å². The molecule has 3 rings (SSSR count). The van der Waals surface area contributed by atoms with E-state index in [9.17, 15) is 24.9 Å². The number of aromatic hydroxyl groups is 2. The van der Waals surface area contributed by atoms with Gasteiger partial charge in [0.1, 0.15) is 16.3 Å². The van der Waals surface area contributed by atoms with Crippen molar-refractivity contribution in [2.24, 2.45) is 0 Å². The molecule has 0 bridgehead atoms. The number of phenolic OH excluding ortho intramolecular Hbond substituents is 2. The molecule has 142 valence electrons. The van der Waals surface area contributed by atoms with Crippen LogP contribution in [0, 0.1) is 0 Å². The average molecular weight is 409 g/mol. The second-order valence-corrected chi connectivity index (χ2v) is 7.71. The Morgan fingerprint density at radius 3 is 2.11 bits per heavy atom. The molecule has 7 heteroatoms. The predicted molar refractivity (Wildman–Crippen MR) is 102 cm³/mol. The number of benzene rings is 2. The summed E-state index contributed by atoms with van der Waals surface area (Å²) in [5.41, 5.74) is -1.22. The number of carbonyl (C=O) groups excluding carboxylic acids is 2. The van der Waals surface area contributed by atoms with E-state index in [0.717, 1.165) is 0 Å². The van der Waals surface area contributed by atoms with Crippen molar-refractivity contribution in [3.8, 4) is 11.5 Å². The zero-order valence-electron chi connectivity index (χ0n) is 14.5. The summed E-state index contributed by atoms with van der Waals surface area (Å²) in [6.07, 6.45) is 0.495. The van der Waals surface area contributed by atoms with E-state index >= 15 is 0 Å². The minimum atomic E-state index is -1.38. The highest BCUT2D eigenvalue weighted by atomic mass is 35.5. The van der Waals surface area contributed by atoms with Gasteiger partial charge < -0.3 is 15.3 Å². The first kappa shape index (κ1) is 19.7. The Balaban J connectivity index is 2.06. The van der Waals surface area contributed by atoms with Crippen LogP contribution in [0.15, 0.2) is 30.3 Å². The smallest absolute Gasteiger partial charge is 0.198 e. The summed E-state index contributed by atoms with van der Waals surface area (Å²) in [4.78, 5) is 24.5. The number of halogens is 2. The largest absolute Gasteiger partial charge is 0.507 e. The maximum atomic E-state index is 12.8. The lowest BCUT2D eigenvalue weighted by Crippen LogP contribution is -2.35. The molecule has 1 atom stereocenters. The van der Waals surface area contributed by atoms with Crippen molar-refractivity contribution < 1.29 is 24.9 Å². The van der Waals surface area contributed by atoms with Gasteiger partial charge in [-0.05, 0) is 30.9 Å². The summed E-state index contributed by atoms with van der Waals surface area (Å²) in [6, 6.07) is 7.49. The van der Waals surface area contributed by atoms with Crippen LogP contribution in [-0.4, -0.2) is 37.3 Å². The maximum absolute atomic E-state index is 12.8. The van der Waals surface area contributed by atoms with E-state index in [1.54, 1.807) is 19.1 Å². The van der Waals surface area contributed by atoms with Crippen LogP contribution in [0.2, 0.25) is 0 Å². The van der Waals surface area contributed by atoms with E-state index in [-0.39, 0.29) is 58.6 Å². The molecule has 27 heavy (non-hydrogen) atoms. The Morgan fingerprint density at radius 2 is 1.59 bits per heavy atom. The highest BCUT2D eigenvalue weighted by molar-refractivity contribution is 6.45. The number of alkyl halides is 2. The molecule has 0 spiro atoms. The second kappa shape index (κ2) is 7.15. The number of fused-ring (bicyclic) bond motifs is 2. The second-order valence-electron chi connectivity index (χ2n) is 6.62. The molecular formula is C20H18Cl2O5. The summed E-state index contributed by atoms with van der Waals surface area (Å²) < 4.78 is 0. The highest BCUT2D eigenvalue weighted by Crippen LogP contribution is 2.41. The molecule has 0 saturated carbocycles. The fourth-order valence-corrected chi connectivity index (χ4v) is 3.82. The van der Waals surface area contributed by atoms with Gasteiger partial charge in [-0.3, -0.25) is 9.59 Å². The van der Waals surface area contributed by atoms with Gasteiger partial charge in [-0.2, -0.15) is 0 Å². The third-order valence-electron chi connectivity index (χ3n) is 5.07. The third kappa shape index (κ3) is 3.20. The fraction of sp³-hybridized carbons (Fsp3) is 0.300. The van der Waals surface area contributed by atoms with Crippen molar-refractivity contribution >= 4 is 34.8 Å². The van der Waals surface area contributed by atoms with Gasteiger partial charge in [0, 0.05) is 11.1 Å². The lowest BCUT2D eigenvalue weighted by molar-refractivity contribution is 0.0412. The van der Waals surface area contributed by atoms with Crippen LogP contribution in [-0.2, 0) is 6.42 Å². The minimum Gasteiger partial charge on any atom is -0.507 e. The van der Waals surface area contributed by atoms with E-state index in [0.29, 0.717) is 0 Å². The number of aryl methyl sites for hydroxylation is 1. The number of phenols is 2. The predicted octanol–water partition coefficient (Wildman–Crippen LogP) is 3.75. The van der Waals surface area contributed by atoms with Crippen molar-refractivity contribution in [3.63, 3.8) is 0 Å². The van der Waals surface area contributed by atoms with Gasteiger partial charge in [0.15, 0.2) is 11.6 Å². The van der Waals surface area contributed by atoms with Crippen LogP contribution in [0.25, 0.3) is 0 Å². The SMILES string of the molecule is CCC(O)(CCc1cc(O)c2c(c1O)C(=O)c1ccccc1C2=O)C(Cl)Cl. The molecule has 0 aliphatic heterocycles. The first-order chi connectivity index (χ1) is 12.7. The number of rotatable bonds is 5. The molecule has 2 aromatic carbocycles. The molecule has 0 fully saturated rings. The van der Waals surface area contributed by atoms with E-state index < -0.39 is 22.0 Å². The Bertz CT molecular complexity index is 938. The van der Waals surface area contributed by atoms with Gasteiger partial charge in [-0.25, -0.2) is 0 Å². The number of aliphatic hydroxyl groups is 1. The quantitative estimate of drug-likeness (QED) is 0.441. The Morgan fingerprint density at radius 1 is 1.04 bits per heavy atom. The average Bonchev–Trinajstić information content (AvgIpc) is 2.65. The van der Waals surface area contributed by atoms with E-state index in [4.69, 9.17) is 23.2 Å². The first-order valence-electron chi connectivity index (χ1n) is 8.48. The van der Waals surface area contributed by atoms with Crippen molar-refractivity contribution in [3.05, 3.63) is 58.1 Å². The molecular weight excluding hydrogens is 391 g/mol. The normalized spacial score (nSPS) is 15.4. The monoisotopic (exact) mass is 408 g/mol. The summed E-state index contributed by atoms with van der Waals surface area (Å²) in [5.74, 6) is -1.83. The molecule has 1 aliphatic rings. The summed E-state index contributed by atoms with van der Waals surface area (Å²) >= 11 is 11.7. The summed E-state index contributed by atoms with van der Waals surface area (Å²) in [5, 5.41) is 31.5. The van der Waals surface area contributed by atoms with Gasteiger partial charge in [0.05, 0.1) is 16.7 Å². The lowest BCUT2D eigenvalue weighted by atomic mass is 9.81. The van der Waals surface area contributed by atoms with Crippen LogP contribution in [0.3, 0.4) is 0 Å². The van der Waals surface area contributed by atoms with Crippen LogP contribution >= 0.6 is 23.2 Å². The van der Waals surface area contributed by atoms with Gasteiger partial charge in [-0.15, -0.1) is 23.2 Å². The van der Waals surface area contributed by atoms with Gasteiger partial charge >= 0.3 is 0 Å². The van der Waals surface area contributed by atoms with E-state index in [1.807, 2.05) is 0 Å². The first-order valence-corrected chi connectivity index (χ1v) is 9.35. The summed E-state index contributed by atoms with van der Waals surface area (Å²) in [7, 11) is 0. The maximum Gasteiger partial charge on any atom is 0.198 e. The van der Waals surface area contributed by atoms with Crippen molar-refractivity contribution in [1.29, 1.82) is 0 Å². The molecule has 1 aliphatic carbocycles. The van der Waals surface area contributed by atoms with Crippen LogP contribution in [0.5, 0.6) is 11.5 Å². The molecule has 2 aromatic rings. The Kier molecular flexibility index (Phi) is 5.21. The van der Waals surface area contributed by atoms with Crippen molar-refractivity contribution in [2.45, 2.75) is 36.6 Å². The number of hydrogen-bond acceptors (Lipinski definition) is 5. The number of carbonyl (C=O) groups is 2. The highest BCUT2D eigenvalue weighted by Gasteiger charge is 2.37. The van der Waals surface area contributed by atoms with Crippen molar-refractivity contribution in [1.82, 2.24) is 0 Å². The molecule has 3 N–H and O–H groups in total. The fourth-order valence-electron chi connectivity index (χ4n) is 3.29. The minimum absolute atomic E-state index is 0.103. The Labute approximate surface area is 166 Å². The molecule has 0 amide bonds. The number of ketones is 2. The molecule has 5 nitrogen and oxygen atoms in total. The third-order valence-corrected chi connectivity index (χ3v) is 5.89. The van der Waals surface area contributed by atoms with Crippen LogP contribution < -0.4 is 0 Å². The van der Waals surface area contributed by atoms with Gasteiger partial charge in [-0.1, -0.05) is 31.2 Å². The number of hydrogen-bond donors (Lipinski definition) is 3. The summed E-state index contributed by atoms with van der Waals surface area (Å²) in [6.45, 7) is 1.72. The van der Waals surface area contributed by atoms with Gasteiger partial charge in [0.25, 0.3) is 0 Å². The van der Waals surface area contributed by atoms with Crippen molar-refractivity contribution in [2.75, 3.05) is 0 Å². The molecule has 0 saturated heterocycles. The van der Waals surface area contributed by atoms with Crippen LogP contribution in [0.1, 0.15) is 57.2 Å². The zero-order valence-corrected chi connectivity index (χ0v) is 16.0. The van der Waals surface area contributed by atoms with E-state index in [1.165, 1.54) is 18.2 Å². The van der Waals surface area contributed by atoms with Crippen LogP contribution in [0.4, 0.5) is 0 Å². The lowest BCUT2D eigenvalue weighted by Gasteiger charge is -2.28. The topological polar surface area (TPSA) is 94.8 Å². The Hall–Kier alpha value is -2.08. The standard InChI is InChI=1S/C20H18Cl2O5/c1-2-20(27,19(21)22)8-7-10-9-13(23)14-15(16(10)24)18(26)12-6-4-3-5-11(12)17(14)25/h3-6,9,19,23-24,27H,2,7-8H2,1H3. The van der Waals surface area contributed by atoms with Gasteiger partial charge in [0.2, 0.25) is 0 Å². The molecule has 0 heterocycles. The molecule has 1 unspecified atom stereocenters. The zero-order chi connectivity index (χ0) is 19.9.